The van der Waals surface area contributed by atoms with E-state index in [1.54, 1.807) is 0 Å². The van der Waals surface area contributed by atoms with E-state index in [-0.39, 0.29) is 37.0 Å². The third-order valence-corrected chi connectivity index (χ3v) is 5.21. The number of ether oxygens (including phenoxy) is 1. The van der Waals surface area contributed by atoms with Crippen LogP contribution in [0.1, 0.15) is 35.2 Å². The van der Waals surface area contributed by atoms with Gasteiger partial charge in [0.05, 0.1) is 25.2 Å². The Bertz CT molecular complexity index is 829. The number of hydrogen-bond acceptors (Lipinski definition) is 4. The molecule has 0 aliphatic carbocycles. The van der Waals surface area contributed by atoms with Gasteiger partial charge in [0.15, 0.2) is 0 Å². The van der Waals surface area contributed by atoms with E-state index in [1.165, 1.54) is 24.3 Å². The summed E-state index contributed by atoms with van der Waals surface area (Å²) in [5.74, 6) is -0.855. The summed E-state index contributed by atoms with van der Waals surface area (Å²) in [6, 6.07) is 14.8. The second-order valence-electron chi connectivity index (χ2n) is 7.43. The largest absolute Gasteiger partial charge is 0.394 e. The molecule has 0 radical (unpaired) electrons. The van der Waals surface area contributed by atoms with Gasteiger partial charge in [0, 0.05) is 12.1 Å². The molecule has 2 aromatic rings. The molecular weight excluding hydrogens is 387 g/mol. The summed E-state index contributed by atoms with van der Waals surface area (Å²) >= 11 is 0. The quantitative estimate of drug-likeness (QED) is 0.618. The molecule has 6 nitrogen and oxygen atoms in total. The minimum absolute atomic E-state index is 0.0959. The van der Waals surface area contributed by atoms with Crippen molar-refractivity contribution < 1.29 is 23.8 Å². The van der Waals surface area contributed by atoms with E-state index in [0.717, 1.165) is 12.0 Å². The van der Waals surface area contributed by atoms with Gasteiger partial charge in [-0.3, -0.25) is 9.59 Å². The first kappa shape index (κ1) is 21.9. The summed E-state index contributed by atoms with van der Waals surface area (Å²) in [5, 5.41) is 15.4. The maximum Gasteiger partial charge on any atom is 0.251 e. The van der Waals surface area contributed by atoms with Gasteiger partial charge in [-0.25, -0.2) is 4.39 Å². The number of hydrogen-bond donors (Lipinski definition) is 3. The molecule has 0 bridgehead atoms. The van der Waals surface area contributed by atoms with Gasteiger partial charge in [0.25, 0.3) is 5.91 Å². The fourth-order valence-corrected chi connectivity index (χ4v) is 3.57. The van der Waals surface area contributed by atoms with Crippen molar-refractivity contribution in [3.05, 3.63) is 71.5 Å². The maximum atomic E-state index is 13.0. The molecule has 0 saturated carbocycles. The molecule has 1 aliphatic rings. The molecule has 0 spiro atoms. The summed E-state index contributed by atoms with van der Waals surface area (Å²) in [4.78, 5) is 24.6. The molecule has 0 unspecified atom stereocenters. The van der Waals surface area contributed by atoms with Crippen molar-refractivity contribution in [3.8, 4) is 0 Å². The number of halogens is 1. The van der Waals surface area contributed by atoms with Crippen LogP contribution in [0.4, 0.5) is 4.39 Å². The van der Waals surface area contributed by atoms with Crippen molar-refractivity contribution in [2.75, 3.05) is 13.2 Å². The summed E-state index contributed by atoms with van der Waals surface area (Å²) in [5.41, 5.74) is 1.50. The zero-order valence-corrected chi connectivity index (χ0v) is 16.7. The third-order valence-electron chi connectivity index (χ3n) is 5.21. The van der Waals surface area contributed by atoms with Gasteiger partial charge in [-0.1, -0.05) is 30.3 Å². The third kappa shape index (κ3) is 6.37. The van der Waals surface area contributed by atoms with Crippen LogP contribution >= 0.6 is 0 Å². The van der Waals surface area contributed by atoms with E-state index in [4.69, 9.17) is 4.74 Å². The summed E-state index contributed by atoms with van der Waals surface area (Å²) in [6.07, 6.45) is 1.25. The van der Waals surface area contributed by atoms with Crippen molar-refractivity contribution in [1.82, 2.24) is 10.6 Å². The average Bonchev–Trinajstić information content (AvgIpc) is 2.76. The molecule has 1 saturated heterocycles. The summed E-state index contributed by atoms with van der Waals surface area (Å²) < 4.78 is 18.9. The van der Waals surface area contributed by atoms with E-state index >= 15 is 0 Å². The van der Waals surface area contributed by atoms with Crippen LogP contribution in [0.15, 0.2) is 54.6 Å². The lowest BCUT2D eigenvalue weighted by atomic mass is 9.96. The van der Waals surface area contributed by atoms with Crippen molar-refractivity contribution in [2.45, 2.75) is 43.9 Å². The molecule has 30 heavy (non-hydrogen) atoms. The van der Waals surface area contributed by atoms with Gasteiger partial charge >= 0.3 is 0 Å². The van der Waals surface area contributed by atoms with Gasteiger partial charge in [-0.15, -0.1) is 0 Å². The zero-order valence-electron chi connectivity index (χ0n) is 16.7. The second-order valence-corrected chi connectivity index (χ2v) is 7.43. The standard InChI is InChI=1S/C23H27FN2O4/c24-18-8-6-17(7-9-18)23(29)26-20-11-10-19(30-21(20)15-27)14-22(28)25-13-12-16-4-2-1-3-5-16/h1-9,19-21,27H,10-15H2,(H,25,28)(H,26,29)/t19-,20+,21+/m1/s1. The molecule has 0 aromatic heterocycles. The van der Waals surface area contributed by atoms with E-state index in [2.05, 4.69) is 10.6 Å². The lowest BCUT2D eigenvalue weighted by molar-refractivity contribution is -0.130. The Morgan fingerprint density at radius 1 is 1.07 bits per heavy atom. The Labute approximate surface area is 175 Å². The molecule has 3 rings (SSSR count). The van der Waals surface area contributed by atoms with Crippen LogP contribution in [0.25, 0.3) is 0 Å². The monoisotopic (exact) mass is 414 g/mol. The highest BCUT2D eigenvalue weighted by atomic mass is 19.1. The molecule has 2 aromatic carbocycles. The topological polar surface area (TPSA) is 87.7 Å². The smallest absolute Gasteiger partial charge is 0.251 e. The SMILES string of the molecule is O=C(C[C@H]1CC[C@H](NC(=O)c2ccc(F)cc2)[C@H](CO)O1)NCCc1ccccc1. The molecule has 7 heteroatoms. The lowest BCUT2D eigenvalue weighted by Crippen LogP contribution is -2.51. The van der Waals surface area contributed by atoms with Crippen LogP contribution in [0, 0.1) is 5.82 Å². The lowest BCUT2D eigenvalue weighted by Gasteiger charge is -2.36. The Hall–Kier alpha value is -2.77. The second kappa shape index (κ2) is 10.8. The Morgan fingerprint density at radius 2 is 1.80 bits per heavy atom. The number of rotatable bonds is 8. The van der Waals surface area contributed by atoms with Crippen molar-refractivity contribution >= 4 is 11.8 Å². The fraction of sp³-hybridized carbons (Fsp3) is 0.391. The van der Waals surface area contributed by atoms with Crippen LogP contribution in [-0.2, 0) is 16.0 Å². The van der Waals surface area contributed by atoms with Gasteiger partial charge in [-0.2, -0.15) is 0 Å². The Balaban J connectivity index is 1.43. The van der Waals surface area contributed by atoms with Crippen LogP contribution in [0.3, 0.4) is 0 Å². The highest BCUT2D eigenvalue weighted by Gasteiger charge is 2.33. The van der Waals surface area contributed by atoms with E-state index < -0.39 is 11.9 Å². The van der Waals surface area contributed by atoms with Crippen molar-refractivity contribution in [3.63, 3.8) is 0 Å². The first-order valence-electron chi connectivity index (χ1n) is 10.2. The minimum atomic E-state index is -0.592. The molecule has 2 amide bonds. The zero-order chi connectivity index (χ0) is 21.3. The summed E-state index contributed by atoms with van der Waals surface area (Å²) in [6.45, 7) is 0.288. The molecule has 1 fully saturated rings. The predicted octanol–water partition coefficient (Wildman–Crippen LogP) is 2.21. The van der Waals surface area contributed by atoms with Gasteiger partial charge in [-0.05, 0) is 49.1 Å². The number of carbonyl (C=O) groups is 2. The average molecular weight is 414 g/mol. The van der Waals surface area contributed by atoms with Crippen LogP contribution in [-0.4, -0.2) is 48.3 Å². The molecule has 160 valence electrons. The number of aliphatic hydroxyl groups is 1. The number of nitrogens with one attached hydrogen (secondary N) is 2. The van der Waals surface area contributed by atoms with Gasteiger partial charge < -0.3 is 20.5 Å². The highest BCUT2D eigenvalue weighted by Crippen LogP contribution is 2.22. The van der Waals surface area contributed by atoms with Crippen molar-refractivity contribution in [2.24, 2.45) is 0 Å². The number of carbonyl (C=O) groups excluding carboxylic acids is 2. The van der Waals surface area contributed by atoms with Crippen LogP contribution < -0.4 is 10.6 Å². The first-order chi connectivity index (χ1) is 14.5. The van der Waals surface area contributed by atoms with Crippen LogP contribution in [0.5, 0.6) is 0 Å². The fourth-order valence-electron chi connectivity index (χ4n) is 3.57. The van der Waals surface area contributed by atoms with Gasteiger partial charge in [0.1, 0.15) is 11.9 Å². The predicted molar refractivity (Wildman–Crippen MR) is 110 cm³/mol. The molecule has 1 aliphatic heterocycles. The molecule has 3 atom stereocenters. The Kier molecular flexibility index (Phi) is 7.93. The number of benzene rings is 2. The van der Waals surface area contributed by atoms with Gasteiger partial charge in [0.2, 0.25) is 5.91 Å². The maximum absolute atomic E-state index is 13.0. The molecule has 3 N–H and O–H groups in total. The normalized spacial score (nSPS) is 21.1. The van der Waals surface area contributed by atoms with E-state index in [1.807, 2.05) is 30.3 Å². The van der Waals surface area contributed by atoms with E-state index in [0.29, 0.717) is 24.9 Å². The molecular formula is C23H27FN2O4. The first-order valence-corrected chi connectivity index (χ1v) is 10.2. The summed E-state index contributed by atoms with van der Waals surface area (Å²) in [7, 11) is 0. The minimum Gasteiger partial charge on any atom is -0.394 e. The number of aliphatic hydroxyl groups excluding tert-OH is 1. The highest BCUT2D eigenvalue weighted by molar-refractivity contribution is 5.94. The number of amides is 2. The Morgan fingerprint density at radius 3 is 2.50 bits per heavy atom. The van der Waals surface area contributed by atoms with E-state index in [9.17, 15) is 19.1 Å². The molecule has 1 heterocycles. The van der Waals surface area contributed by atoms with Crippen LogP contribution in [0.2, 0.25) is 0 Å². The van der Waals surface area contributed by atoms with Crippen molar-refractivity contribution in [1.29, 1.82) is 0 Å².